The molecule has 43 heavy (non-hydrogen) atoms. The highest BCUT2D eigenvalue weighted by molar-refractivity contribution is 6.00. The summed E-state index contributed by atoms with van der Waals surface area (Å²) < 4.78 is 12.8. The van der Waals surface area contributed by atoms with Crippen LogP contribution in [0.4, 0.5) is 11.5 Å². The number of pyridine rings is 2. The molecule has 4 aromatic rings. The number of rotatable bonds is 7. The monoisotopic (exact) mass is 579 g/mol. The molecule has 0 atom stereocenters. The summed E-state index contributed by atoms with van der Waals surface area (Å²) in [4.78, 5) is 27.2. The van der Waals surface area contributed by atoms with Gasteiger partial charge in [-0.1, -0.05) is 19.9 Å². The zero-order valence-electron chi connectivity index (χ0n) is 25.0. The first-order valence-corrected chi connectivity index (χ1v) is 15.1. The van der Waals surface area contributed by atoms with E-state index in [2.05, 4.69) is 41.8 Å². The first-order chi connectivity index (χ1) is 21.0. The Hall–Kier alpha value is -4.49. The van der Waals surface area contributed by atoms with Crippen LogP contribution in [0.25, 0.3) is 27.8 Å². The van der Waals surface area contributed by atoms with Gasteiger partial charge in [-0.05, 0) is 67.6 Å². The largest absolute Gasteiger partial charge is 0.461 e. The Labute approximate surface area is 251 Å². The van der Waals surface area contributed by atoms with Crippen molar-refractivity contribution in [2.24, 2.45) is 5.92 Å². The van der Waals surface area contributed by atoms with Crippen LogP contribution >= 0.6 is 0 Å². The maximum Gasteiger partial charge on any atom is 0.357 e. The van der Waals surface area contributed by atoms with Crippen molar-refractivity contribution in [3.8, 4) is 22.9 Å². The average Bonchev–Trinajstić information content (AvgIpc) is 3.45. The maximum absolute atomic E-state index is 13.1. The number of hydrogen-bond acceptors (Lipinski definition) is 9. The minimum absolute atomic E-state index is 0.105. The first kappa shape index (κ1) is 28.6. The predicted octanol–water partition coefficient (Wildman–Crippen LogP) is 5.36. The number of hydrogen-bond donors (Lipinski definition) is 0. The number of ether oxygens (including phenoxy) is 2. The van der Waals surface area contributed by atoms with E-state index < -0.39 is 5.97 Å². The van der Waals surface area contributed by atoms with Crippen molar-refractivity contribution >= 4 is 28.5 Å². The standard InChI is InChI=1S/C33H37N7O3/c1-4-43-33(41)28-19-27(24-8-9-29(35-21-24)39-12-10-23(20-34)11-13-39)30-31(22(2)3)37-40(32(30)36-28)26-7-5-6-25(18-26)38-14-16-42-17-15-38/h5-9,18-19,21-23H,4,10-17H2,1-3H3. The third kappa shape index (κ3) is 5.77. The van der Waals surface area contributed by atoms with E-state index >= 15 is 0 Å². The van der Waals surface area contributed by atoms with Gasteiger partial charge in [-0.2, -0.15) is 10.4 Å². The summed E-state index contributed by atoms with van der Waals surface area (Å²) in [5.41, 5.74) is 5.41. The van der Waals surface area contributed by atoms with Crippen molar-refractivity contribution in [3.63, 3.8) is 0 Å². The van der Waals surface area contributed by atoms with Crippen LogP contribution in [0.1, 0.15) is 55.7 Å². The van der Waals surface area contributed by atoms with Gasteiger partial charge in [0.2, 0.25) is 0 Å². The van der Waals surface area contributed by atoms with E-state index in [4.69, 9.17) is 24.5 Å². The molecule has 1 aromatic carbocycles. The number of benzene rings is 1. The van der Waals surface area contributed by atoms with Gasteiger partial charge in [0.15, 0.2) is 11.3 Å². The third-order valence-electron chi connectivity index (χ3n) is 8.21. The van der Waals surface area contributed by atoms with Crippen LogP contribution in [-0.2, 0) is 9.47 Å². The minimum atomic E-state index is -0.475. The number of nitrogens with zero attached hydrogens (tertiary/aromatic N) is 7. The summed E-state index contributed by atoms with van der Waals surface area (Å²) in [6.45, 7) is 11.0. The molecule has 0 amide bonds. The number of anilines is 2. The Morgan fingerprint density at radius 3 is 2.51 bits per heavy atom. The van der Waals surface area contributed by atoms with Crippen LogP contribution in [0.15, 0.2) is 48.7 Å². The lowest BCUT2D eigenvalue weighted by atomic mass is 9.97. The maximum atomic E-state index is 13.1. The fraction of sp³-hybridized carbons (Fsp3) is 0.424. The molecular weight excluding hydrogens is 542 g/mol. The molecule has 5 heterocycles. The summed E-state index contributed by atoms with van der Waals surface area (Å²) in [5, 5.41) is 15.2. The second kappa shape index (κ2) is 12.4. The number of piperidine rings is 1. The number of carbonyl (C=O) groups is 1. The SMILES string of the molecule is CCOC(=O)c1cc(-c2ccc(N3CCC(C#N)CC3)nc2)c2c(C(C)C)nn(-c3cccc(N4CCOCC4)c3)c2n1. The number of nitriles is 1. The summed E-state index contributed by atoms with van der Waals surface area (Å²) in [6, 6.07) is 16.5. The highest BCUT2D eigenvalue weighted by atomic mass is 16.5. The van der Waals surface area contributed by atoms with Crippen LogP contribution in [0.5, 0.6) is 0 Å². The summed E-state index contributed by atoms with van der Waals surface area (Å²) in [5.74, 6) is 0.628. The van der Waals surface area contributed by atoms with Gasteiger partial charge in [-0.25, -0.2) is 19.4 Å². The molecule has 2 aliphatic heterocycles. The highest BCUT2D eigenvalue weighted by Crippen LogP contribution is 2.36. The summed E-state index contributed by atoms with van der Waals surface area (Å²) in [6.07, 6.45) is 3.55. The minimum Gasteiger partial charge on any atom is -0.461 e. The highest BCUT2D eigenvalue weighted by Gasteiger charge is 2.25. The van der Waals surface area contributed by atoms with Crippen molar-refractivity contribution in [1.82, 2.24) is 19.7 Å². The van der Waals surface area contributed by atoms with Crippen LogP contribution in [0.3, 0.4) is 0 Å². The zero-order chi connectivity index (χ0) is 29.9. The van der Waals surface area contributed by atoms with Gasteiger partial charge in [0, 0.05) is 49.5 Å². The van der Waals surface area contributed by atoms with E-state index in [1.165, 1.54) is 0 Å². The van der Waals surface area contributed by atoms with Gasteiger partial charge < -0.3 is 19.3 Å². The molecule has 0 unspecified atom stereocenters. The molecule has 222 valence electrons. The summed E-state index contributed by atoms with van der Waals surface area (Å²) >= 11 is 0. The van der Waals surface area contributed by atoms with E-state index in [0.29, 0.717) is 18.9 Å². The molecule has 10 heteroatoms. The Kier molecular flexibility index (Phi) is 8.25. The van der Waals surface area contributed by atoms with E-state index in [1.54, 1.807) is 13.0 Å². The van der Waals surface area contributed by atoms with Crippen molar-refractivity contribution in [1.29, 1.82) is 5.26 Å². The Morgan fingerprint density at radius 1 is 1.07 bits per heavy atom. The third-order valence-corrected chi connectivity index (χ3v) is 8.21. The van der Waals surface area contributed by atoms with E-state index in [9.17, 15) is 10.1 Å². The Morgan fingerprint density at radius 2 is 1.84 bits per heavy atom. The fourth-order valence-electron chi connectivity index (χ4n) is 5.88. The van der Waals surface area contributed by atoms with Crippen LogP contribution < -0.4 is 9.80 Å². The van der Waals surface area contributed by atoms with Gasteiger partial charge in [0.25, 0.3) is 0 Å². The molecule has 0 spiro atoms. The predicted molar refractivity (Wildman–Crippen MR) is 166 cm³/mol. The lowest BCUT2D eigenvalue weighted by Gasteiger charge is -2.30. The second-order valence-electron chi connectivity index (χ2n) is 11.3. The van der Waals surface area contributed by atoms with Crippen molar-refractivity contribution < 1.29 is 14.3 Å². The van der Waals surface area contributed by atoms with E-state index in [1.807, 2.05) is 35.1 Å². The molecule has 2 saturated heterocycles. The van der Waals surface area contributed by atoms with Gasteiger partial charge >= 0.3 is 5.97 Å². The molecule has 0 N–H and O–H groups in total. The van der Waals surface area contributed by atoms with Crippen molar-refractivity contribution in [2.75, 3.05) is 55.8 Å². The Bertz CT molecular complexity index is 1640. The lowest BCUT2D eigenvalue weighted by Crippen LogP contribution is -2.36. The van der Waals surface area contributed by atoms with Crippen LogP contribution in [0, 0.1) is 17.2 Å². The smallest absolute Gasteiger partial charge is 0.357 e. The van der Waals surface area contributed by atoms with Crippen molar-refractivity contribution in [3.05, 3.63) is 60.0 Å². The number of carbonyl (C=O) groups excluding carboxylic acids is 1. The molecule has 2 aliphatic rings. The number of fused-ring (bicyclic) bond motifs is 1. The molecule has 2 fully saturated rings. The molecule has 0 bridgehead atoms. The van der Waals surface area contributed by atoms with Crippen molar-refractivity contribution in [2.45, 2.75) is 39.5 Å². The molecule has 10 nitrogen and oxygen atoms in total. The van der Waals surface area contributed by atoms with Gasteiger partial charge in [0.05, 0.1) is 42.7 Å². The average molecular weight is 580 g/mol. The lowest BCUT2D eigenvalue weighted by molar-refractivity contribution is 0.0520. The fourth-order valence-corrected chi connectivity index (χ4v) is 5.88. The molecule has 0 radical (unpaired) electrons. The normalized spacial score (nSPS) is 16.1. The zero-order valence-corrected chi connectivity index (χ0v) is 25.0. The summed E-state index contributed by atoms with van der Waals surface area (Å²) in [7, 11) is 0. The van der Waals surface area contributed by atoms with Gasteiger partial charge in [-0.15, -0.1) is 0 Å². The van der Waals surface area contributed by atoms with Gasteiger partial charge in [-0.3, -0.25) is 0 Å². The van der Waals surface area contributed by atoms with Gasteiger partial charge in [0.1, 0.15) is 5.82 Å². The molecule has 0 saturated carbocycles. The van der Waals surface area contributed by atoms with E-state index in [-0.39, 0.29) is 24.1 Å². The number of morpholine rings is 1. The Balaban J connectivity index is 1.47. The van der Waals surface area contributed by atoms with Crippen LogP contribution in [0.2, 0.25) is 0 Å². The quantitative estimate of drug-likeness (QED) is 0.267. The molecular formula is C33H37N7O3. The number of esters is 1. The molecule has 0 aliphatic carbocycles. The molecule has 6 rings (SSSR count). The van der Waals surface area contributed by atoms with E-state index in [0.717, 1.165) is 78.4 Å². The molecule has 3 aromatic heterocycles. The topological polar surface area (TPSA) is 109 Å². The first-order valence-electron chi connectivity index (χ1n) is 15.1. The number of aromatic nitrogens is 4. The van der Waals surface area contributed by atoms with Crippen LogP contribution in [-0.4, -0.2) is 71.7 Å². The second-order valence-corrected chi connectivity index (χ2v) is 11.3.